The van der Waals surface area contributed by atoms with E-state index in [-0.39, 0.29) is 16.1 Å². The minimum atomic E-state index is -3.77. The molecule has 9 nitrogen and oxygen atoms in total. The van der Waals surface area contributed by atoms with Gasteiger partial charge in [0.1, 0.15) is 0 Å². The molecule has 0 atom stereocenters. The molecule has 1 N–H and O–H groups in total. The normalized spacial score (nSPS) is 13.2. The number of thiazole rings is 1. The predicted molar refractivity (Wildman–Crippen MR) is 138 cm³/mol. The third kappa shape index (κ3) is 4.58. The molecule has 182 valence electrons. The molecule has 0 aliphatic carbocycles. The van der Waals surface area contributed by atoms with Crippen LogP contribution in [-0.4, -0.2) is 30.8 Å². The Morgan fingerprint density at radius 2 is 1.83 bits per heavy atom. The van der Waals surface area contributed by atoms with Gasteiger partial charge in [0.2, 0.25) is 0 Å². The second-order valence-electron chi connectivity index (χ2n) is 8.13. The number of non-ortho nitro benzene ring substituents is 1. The lowest BCUT2D eigenvalue weighted by atomic mass is 10.0. The monoisotopic (exact) mass is 520 g/mol. The number of nitro groups is 1. The van der Waals surface area contributed by atoms with Crippen molar-refractivity contribution in [1.29, 1.82) is 0 Å². The quantitative estimate of drug-likeness (QED) is 0.278. The van der Waals surface area contributed by atoms with Gasteiger partial charge in [-0.25, -0.2) is 13.4 Å². The number of aryl methyl sites for hydroxylation is 1. The van der Waals surface area contributed by atoms with Gasteiger partial charge in [-0.2, -0.15) is 0 Å². The molecule has 0 fully saturated rings. The number of benzene rings is 3. The van der Waals surface area contributed by atoms with Crippen LogP contribution in [0.3, 0.4) is 0 Å². The highest BCUT2D eigenvalue weighted by molar-refractivity contribution is 7.92. The number of amides is 1. The maximum Gasteiger partial charge on any atom is 0.270 e. The zero-order chi connectivity index (χ0) is 25.3. The van der Waals surface area contributed by atoms with Gasteiger partial charge in [0.25, 0.3) is 21.6 Å². The molecule has 1 amide bonds. The summed E-state index contributed by atoms with van der Waals surface area (Å²) in [6, 6.07) is 19.3. The molecule has 2 heterocycles. The first kappa shape index (κ1) is 23.6. The third-order valence-corrected chi connectivity index (χ3v) is 8.43. The van der Waals surface area contributed by atoms with Crippen LogP contribution in [0.1, 0.15) is 22.3 Å². The van der Waals surface area contributed by atoms with E-state index < -0.39 is 20.9 Å². The summed E-state index contributed by atoms with van der Waals surface area (Å²) in [4.78, 5) is 27.7. The Hall–Kier alpha value is -4.09. The smallest absolute Gasteiger partial charge is 0.270 e. The molecule has 11 heteroatoms. The molecule has 0 bridgehead atoms. The summed E-state index contributed by atoms with van der Waals surface area (Å²) < 4.78 is 28.0. The number of nitro benzene ring substituents is 1. The summed E-state index contributed by atoms with van der Waals surface area (Å²) in [5.41, 5.74) is 2.98. The van der Waals surface area contributed by atoms with Gasteiger partial charge in [-0.15, -0.1) is 11.3 Å². The van der Waals surface area contributed by atoms with E-state index in [9.17, 15) is 23.3 Å². The number of hydrogen-bond acceptors (Lipinski definition) is 7. The molecule has 0 saturated heterocycles. The van der Waals surface area contributed by atoms with Crippen LogP contribution in [0.4, 0.5) is 16.5 Å². The van der Waals surface area contributed by atoms with E-state index in [1.165, 1.54) is 52.0 Å². The van der Waals surface area contributed by atoms with E-state index in [0.29, 0.717) is 28.6 Å². The van der Waals surface area contributed by atoms with Crippen LogP contribution in [0.15, 0.2) is 83.1 Å². The van der Waals surface area contributed by atoms with Crippen molar-refractivity contribution in [3.63, 3.8) is 0 Å². The number of anilines is 2. The molecule has 1 aliphatic heterocycles. The van der Waals surface area contributed by atoms with Crippen LogP contribution in [0.5, 0.6) is 0 Å². The van der Waals surface area contributed by atoms with Crippen LogP contribution < -0.4 is 9.62 Å². The number of nitrogens with one attached hydrogen (secondary N) is 1. The molecule has 0 radical (unpaired) electrons. The standard InChI is InChI=1S/C25H20N4O5S2/c30-24(27-25-26-22(16-35-25)19-6-3-8-20(15-19)29(31)32)18-10-12-21(13-11-18)36(33,34)28-14-4-7-17-5-1-2-9-23(17)28/h1-3,5-6,8-13,15-16H,4,7,14H2,(H,26,27,30). The molecule has 1 aromatic heterocycles. The van der Waals surface area contributed by atoms with Crippen molar-refractivity contribution < 1.29 is 18.1 Å². The fraction of sp³-hybridized carbons (Fsp3) is 0.120. The van der Waals surface area contributed by atoms with Crippen molar-refractivity contribution in [3.05, 3.63) is 99.4 Å². The van der Waals surface area contributed by atoms with Gasteiger partial charge in [0.15, 0.2) is 5.13 Å². The maximum atomic E-state index is 13.3. The first-order valence-electron chi connectivity index (χ1n) is 11.1. The van der Waals surface area contributed by atoms with Gasteiger partial charge in [0, 0.05) is 35.2 Å². The second kappa shape index (κ2) is 9.51. The number of rotatable bonds is 6. The molecule has 1 aliphatic rings. The van der Waals surface area contributed by atoms with Crippen molar-refractivity contribution in [2.24, 2.45) is 0 Å². The number of sulfonamides is 1. The van der Waals surface area contributed by atoms with Crippen molar-refractivity contribution in [2.45, 2.75) is 17.7 Å². The highest BCUT2D eigenvalue weighted by Crippen LogP contribution is 2.32. The Morgan fingerprint density at radius 1 is 1.06 bits per heavy atom. The van der Waals surface area contributed by atoms with E-state index in [1.807, 2.05) is 24.3 Å². The van der Waals surface area contributed by atoms with Gasteiger partial charge in [-0.05, 0) is 48.7 Å². The molecular weight excluding hydrogens is 500 g/mol. The lowest BCUT2D eigenvalue weighted by molar-refractivity contribution is -0.384. The van der Waals surface area contributed by atoms with Crippen LogP contribution in [-0.2, 0) is 16.4 Å². The number of aromatic nitrogens is 1. The summed E-state index contributed by atoms with van der Waals surface area (Å²) in [6.07, 6.45) is 1.57. The Labute approximate surface area is 211 Å². The van der Waals surface area contributed by atoms with Gasteiger partial charge < -0.3 is 0 Å². The van der Waals surface area contributed by atoms with Gasteiger partial charge >= 0.3 is 0 Å². The van der Waals surface area contributed by atoms with Gasteiger partial charge in [0.05, 0.1) is 21.2 Å². The average molecular weight is 521 g/mol. The van der Waals surface area contributed by atoms with E-state index in [1.54, 1.807) is 17.5 Å². The SMILES string of the molecule is O=C(Nc1nc(-c2cccc([N+](=O)[O-])c2)cs1)c1ccc(S(=O)(=O)N2CCCc3ccccc32)cc1. The molecule has 0 saturated carbocycles. The van der Waals surface area contributed by atoms with Gasteiger partial charge in [-0.3, -0.25) is 24.5 Å². The Kier molecular flexibility index (Phi) is 6.25. The zero-order valence-corrected chi connectivity index (χ0v) is 20.5. The number of fused-ring (bicyclic) bond motifs is 1. The Bertz CT molecular complexity index is 1570. The van der Waals surface area contributed by atoms with Crippen LogP contribution >= 0.6 is 11.3 Å². The maximum absolute atomic E-state index is 13.3. The number of carbonyl (C=O) groups is 1. The number of para-hydroxylation sites is 1. The number of nitrogens with zero attached hydrogens (tertiary/aromatic N) is 3. The summed E-state index contributed by atoms with van der Waals surface area (Å²) in [6.45, 7) is 0.401. The lowest BCUT2D eigenvalue weighted by Gasteiger charge is -2.30. The fourth-order valence-corrected chi connectivity index (χ4v) is 6.32. The minimum Gasteiger partial charge on any atom is -0.298 e. The van der Waals surface area contributed by atoms with Crippen molar-refractivity contribution in [3.8, 4) is 11.3 Å². The third-order valence-electron chi connectivity index (χ3n) is 5.85. The van der Waals surface area contributed by atoms with E-state index in [4.69, 9.17) is 0 Å². The average Bonchev–Trinajstić information content (AvgIpc) is 3.37. The van der Waals surface area contributed by atoms with Crippen molar-refractivity contribution in [2.75, 3.05) is 16.2 Å². The van der Waals surface area contributed by atoms with Crippen molar-refractivity contribution in [1.82, 2.24) is 4.98 Å². The summed E-state index contributed by atoms with van der Waals surface area (Å²) in [7, 11) is -3.77. The molecule has 0 unspecified atom stereocenters. The molecule has 5 rings (SSSR count). The second-order valence-corrected chi connectivity index (χ2v) is 10.9. The first-order valence-corrected chi connectivity index (χ1v) is 13.4. The Balaban J connectivity index is 1.31. The molecule has 0 spiro atoms. The number of hydrogen-bond donors (Lipinski definition) is 1. The molecule has 3 aromatic carbocycles. The zero-order valence-electron chi connectivity index (χ0n) is 18.8. The van der Waals surface area contributed by atoms with Crippen LogP contribution in [0, 0.1) is 10.1 Å². The van der Waals surface area contributed by atoms with Gasteiger partial charge in [-0.1, -0.05) is 30.3 Å². The molecule has 4 aromatic rings. The topological polar surface area (TPSA) is 123 Å². The first-order chi connectivity index (χ1) is 17.3. The highest BCUT2D eigenvalue weighted by Gasteiger charge is 2.29. The Morgan fingerprint density at radius 3 is 2.61 bits per heavy atom. The predicted octanol–water partition coefficient (Wildman–Crippen LogP) is 5.11. The largest absolute Gasteiger partial charge is 0.298 e. The van der Waals surface area contributed by atoms with Crippen LogP contribution in [0.25, 0.3) is 11.3 Å². The van der Waals surface area contributed by atoms with Crippen LogP contribution in [0.2, 0.25) is 0 Å². The number of carbonyl (C=O) groups excluding carboxylic acids is 1. The lowest BCUT2D eigenvalue weighted by Crippen LogP contribution is -2.35. The molecular formula is C25H20N4O5S2. The highest BCUT2D eigenvalue weighted by atomic mass is 32.2. The molecule has 36 heavy (non-hydrogen) atoms. The summed E-state index contributed by atoms with van der Waals surface area (Å²) >= 11 is 1.19. The fourth-order valence-electron chi connectivity index (χ4n) is 4.07. The summed E-state index contributed by atoms with van der Waals surface area (Å²) in [5.74, 6) is -0.442. The van der Waals surface area contributed by atoms with E-state index in [0.717, 1.165) is 18.4 Å². The minimum absolute atomic E-state index is 0.0471. The van der Waals surface area contributed by atoms with Crippen molar-refractivity contribution >= 4 is 43.8 Å². The van der Waals surface area contributed by atoms with E-state index in [2.05, 4.69) is 10.3 Å². The van der Waals surface area contributed by atoms with E-state index >= 15 is 0 Å². The summed E-state index contributed by atoms with van der Waals surface area (Å²) in [5, 5.41) is 15.7.